The van der Waals surface area contributed by atoms with Gasteiger partial charge in [-0.2, -0.15) is 0 Å². The van der Waals surface area contributed by atoms with Crippen molar-refractivity contribution in [1.29, 1.82) is 0 Å². The van der Waals surface area contributed by atoms with Crippen LogP contribution in [0.2, 0.25) is 0 Å². The van der Waals surface area contributed by atoms with Gasteiger partial charge in [-0.05, 0) is 52.0 Å². The number of hydrogen-bond acceptors (Lipinski definition) is 4. The Kier molecular flexibility index (Phi) is 10.8. The fraction of sp³-hybridized carbons (Fsp3) is 0.941. The van der Waals surface area contributed by atoms with E-state index in [1.165, 1.54) is 0 Å². The molecule has 5 nitrogen and oxygen atoms in total. The molecule has 2 rings (SSSR count). The van der Waals surface area contributed by atoms with Crippen LogP contribution in [0.1, 0.15) is 46.0 Å². The van der Waals surface area contributed by atoms with Crippen LogP contribution in [0.15, 0.2) is 0 Å². The van der Waals surface area contributed by atoms with Gasteiger partial charge in [0.15, 0.2) is 0 Å². The second-order valence-electron chi connectivity index (χ2n) is 7.49. The fourth-order valence-electron chi connectivity index (χ4n) is 3.91. The van der Waals surface area contributed by atoms with Gasteiger partial charge in [0.25, 0.3) is 0 Å². The Morgan fingerprint density at radius 1 is 1.21 bits per heavy atom. The smallest absolute Gasteiger partial charge is 0.223 e. The largest absolute Gasteiger partial charge is 0.381 e. The fourth-order valence-corrected chi connectivity index (χ4v) is 3.91. The number of amides is 1. The molecule has 0 aromatic rings. The zero-order valence-electron chi connectivity index (χ0n) is 15.3. The van der Waals surface area contributed by atoms with Crippen LogP contribution in [0.25, 0.3) is 0 Å². The zero-order chi connectivity index (χ0) is 16.2. The molecule has 0 aromatic carbocycles. The Morgan fingerprint density at radius 3 is 2.38 bits per heavy atom. The maximum atomic E-state index is 12.4. The number of hydrogen-bond donors (Lipinski definition) is 2. The third kappa shape index (κ3) is 6.03. The van der Waals surface area contributed by atoms with Crippen molar-refractivity contribution in [2.45, 2.75) is 57.6 Å². The molecule has 1 saturated heterocycles. The summed E-state index contributed by atoms with van der Waals surface area (Å²) >= 11 is 0. The van der Waals surface area contributed by atoms with Gasteiger partial charge in [-0.25, -0.2) is 0 Å². The molecule has 7 heteroatoms. The van der Waals surface area contributed by atoms with Crippen molar-refractivity contribution in [2.75, 3.05) is 33.3 Å². The van der Waals surface area contributed by atoms with E-state index >= 15 is 0 Å². The monoisotopic (exact) mass is 383 g/mol. The molecular formula is C17H35Cl2N3O2. The minimum Gasteiger partial charge on any atom is -0.381 e. The highest BCUT2D eigenvalue weighted by atomic mass is 35.5. The lowest BCUT2D eigenvalue weighted by Gasteiger charge is -2.43. The van der Waals surface area contributed by atoms with E-state index in [2.05, 4.69) is 24.1 Å². The Labute approximate surface area is 159 Å². The lowest BCUT2D eigenvalue weighted by atomic mass is 9.94. The summed E-state index contributed by atoms with van der Waals surface area (Å²) in [6.45, 7) is 7.85. The summed E-state index contributed by atoms with van der Waals surface area (Å²) in [7, 11) is 1.79. The van der Waals surface area contributed by atoms with Crippen LogP contribution >= 0.6 is 24.8 Å². The van der Waals surface area contributed by atoms with Gasteiger partial charge in [-0.1, -0.05) is 6.42 Å². The number of piperidine rings is 1. The number of methoxy groups -OCH3 is 1. The molecule has 0 bridgehead atoms. The average molecular weight is 384 g/mol. The van der Waals surface area contributed by atoms with Crippen molar-refractivity contribution >= 4 is 30.7 Å². The van der Waals surface area contributed by atoms with Gasteiger partial charge in [0.05, 0.1) is 6.10 Å². The lowest BCUT2D eigenvalue weighted by molar-refractivity contribution is -0.126. The molecule has 1 saturated carbocycles. The van der Waals surface area contributed by atoms with Crippen molar-refractivity contribution in [3.63, 3.8) is 0 Å². The number of ether oxygens (including phenoxy) is 1. The molecule has 1 amide bonds. The van der Waals surface area contributed by atoms with E-state index in [0.29, 0.717) is 25.1 Å². The molecule has 0 radical (unpaired) electrons. The Hall–Kier alpha value is -0.0700. The third-order valence-corrected chi connectivity index (χ3v) is 5.63. The molecule has 0 aromatic heterocycles. The van der Waals surface area contributed by atoms with Crippen LogP contribution < -0.4 is 11.1 Å². The second-order valence-corrected chi connectivity index (χ2v) is 7.49. The van der Waals surface area contributed by atoms with Crippen LogP contribution in [-0.4, -0.2) is 55.7 Å². The van der Waals surface area contributed by atoms with Gasteiger partial charge in [0.1, 0.15) is 0 Å². The molecule has 0 unspecified atom stereocenters. The standard InChI is InChI=1S/C17H33N3O2.2ClH/c1-17(2,20-9-7-14(22-3)8-10-20)12-19-16(21)15-6-4-5-13(15)11-18;;/h13-15H,4-12,18H2,1-3H3,(H,19,21);2*1H/t13-,15-;;/m1../s1. The van der Waals surface area contributed by atoms with E-state index in [9.17, 15) is 4.79 Å². The first-order valence-corrected chi connectivity index (χ1v) is 8.73. The van der Waals surface area contributed by atoms with E-state index in [1.54, 1.807) is 7.11 Å². The second kappa shape index (κ2) is 10.8. The average Bonchev–Trinajstić information content (AvgIpc) is 3.01. The summed E-state index contributed by atoms with van der Waals surface area (Å²) in [6, 6.07) is 0. The third-order valence-electron chi connectivity index (χ3n) is 5.63. The predicted molar refractivity (Wildman–Crippen MR) is 103 cm³/mol. The summed E-state index contributed by atoms with van der Waals surface area (Å²) in [4.78, 5) is 14.9. The number of carbonyl (C=O) groups is 1. The summed E-state index contributed by atoms with van der Waals surface area (Å²) < 4.78 is 5.43. The van der Waals surface area contributed by atoms with E-state index in [1.807, 2.05) is 0 Å². The number of halogens is 2. The van der Waals surface area contributed by atoms with E-state index in [0.717, 1.165) is 45.2 Å². The molecule has 1 heterocycles. The molecule has 24 heavy (non-hydrogen) atoms. The van der Waals surface area contributed by atoms with Crippen molar-refractivity contribution in [1.82, 2.24) is 10.2 Å². The zero-order valence-corrected chi connectivity index (χ0v) is 16.9. The van der Waals surface area contributed by atoms with Gasteiger partial charge >= 0.3 is 0 Å². The van der Waals surface area contributed by atoms with Gasteiger partial charge < -0.3 is 15.8 Å². The molecule has 2 fully saturated rings. The topological polar surface area (TPSA) is 67.6 Å². The Morgan fingerprint density at radius 2 is 1.83 bits per heavy atom. The van der Waals surface area contributed by atoms with Crippen LogP contribution in [0, 0.1) is 11.8 Å². The van der Waals surface area contributed by atoms with Crippen LogP contribution in [0.5, 0.6) is 0 Å². The highest BCUT2D eigenvalue weighted by Gasteiger charge is 2.34. The maximum Gasteiger partial charge on any atom is 0.223 e. The number of likely N-dealkylation sites (tertiary alicyclic amines) is 1. The number of carbonyl (C=O) groups excluding carboxylic acids is 1. The maximum absolute atomic E-state index is 12.4. The highest BCUT2D eigenvalue weighted by Crippen LogP contribution is 2.31. The summed E-state index contributed by atoms with van der Waals surface area (Å²) in [5, 5.41) is 3.18. The summed E-state index contributed by atoms with van der Waals surface area (Å²) in [5.74, 6) is 0.702. The van der Waals surface area contributed by atoms with Gasteiger partial charge in [0, 0.05) is 38.2 Å². The predicted octanol–water partition coefficient (Wildman–Crippen LogP) is 2.21. The Balaban J connectivity index is 0.00000264. The van der Waals surface area contributed by atoms with E-state index in [-0.39, 0.29) is 42.2 Å². The molecule has 1 aliphatic carbocycles. The first kappa shape index (κ1) is 23.9. The lowest BCUT2D eigenvalue weighted by Crippen LogP contribution is -2.55. The first-order chi connectivity index (χ1) is 10.5. The SMILES string of the molecule is COC1CCN(C(C)(C)CNC(=O)[C@@H]2CCC[C@@H]2CN)CC1.Cl.Cl. The van der Waals surface area contributed by atoms with Crippen LogP contribution in [-0.2, 0) is 9.53 Å². The van der Waals surface area contributed by atoms with Gasteiger partial charge in [0.2, 0.25) is 5.91 Å². The quantitative estimate of drug-likeness (QED) is 0.737. The molecule has 144 valence electrons. The highest BCUT2D eigenvalue weighted by molar-refractivity contribution is 5.85. The van der Waals surface area contributed by atoms with E-state index in [4.69, 9.17) is 10.5 Å². The molecule has 2 aliphatic rings. The summed E-state index contributed by atoms with van der Waals surface area (Å²) in [5.41, 5.74) is 5.78. The van der Waals surface area contributed by atoms with Crippen molar-refractivity contribution in [2.24, 2.45) is 17.6 Å². The number of nitrogens with zero attached hydrogens (tertiary/aromatic N) is 1. The Bertz CT molecular complexity index is 375. The molecule has 0 spiro atoms. The number of nitrogens with two attached hydrogens (primary N) is 1. The van der Waals surface area contributed by atoms with Crippen LogP contribution in [0.4, 0.5) is 0 Å². The number of rotatable bonds is 6. The van der Waals surface area contributed by atoms with Crippen molar-refractivity contribution < 1.29 is 9.53 Å². The van der Waals surface area contributed by atoms with E-state index < -0.39 is 0 Å². The molecule has 3 N–H and O–H groups in total. The first-order valence-electron chi connectivity index (χ1n) is 8.73. The van der Waals surface area contributed by atoms with Gasteiger partial charge in [-0.15, -0.1) is 24.8 Å². The van der Waals surface area contributed by atoms with Crippen LogP contribution in [0.3, 0.4) is 0 Å². The molecular weight excluding hydrogens is 349 g/mol. The molecule has 1 aliphatic heterocycles. The minimum atomic E-state index is -0.00874. The van der Waals surface area contributed by atoms with Crippen molar-refractivity contribution in [3.8, 4) is 0 Å². The van der Waals surface area contributed by atoms with Gasteiger partial charge in [-0.3, -0.25) is 9.69 Å². The number of nitrogens with one attached hydrogen (secondary N) is 1. The minimum absolute atomic E-state index is 0. The molecule has 2 atom stereocenters. The summed E-state index contributed by atoms with van der Waals surface area (Å²) in [6.07, 6.45) is 5.77. The normalized spacial score (nSPS) is 25.7. The van der Waals surface area contributed by atoms with Crippen molar-refractivity contribution in [3.05, 3.63) is 0 Å².